The van der Waals surface area contributed by atoms with Gasteiger partial charge in [-0.25, -0.2) is 0 Å². The van der Waals surface area contributed by atoms with Gasteiger partial charge in [-0.05, 0) is 0 Å². The molecule has 1 aromatic carbocycles. The summed E-state index contributed by atoms with van der Waals surface area (Å²) in [7, 11) is 0. The summed E-state index contributed by atoms with van der Waals surface area (Å²) >= 11 is 0. The zero-order valence-electron chi connectivity index (χ0n) is 10.9. The predicted octanol–water partition coefficient (Wildman–Crippen LogP) is 3.00. The fraction of sp³-hybridized carbons (Fsp3) is 0.385. The summed E-state index contributed by atoms with van der Waals surface area (Å²) in [4.78, 5) is 0. The largest absolute Gasteiger partial charge is 0.999 e. The Balaban J connectivity index is -0.000000335. The minimum absolute atomic E-state index is 0. The second kappa shape index (κ2) is 12.3. The van der Waals surface area contributed by atoms with Crippen LogP contribution < -0.4 is 0 Å². The molecule has 1 aromatic rings. The molecule has 0 unspecified atom stereocenters. The van der Waals surface area contributed by atoms with E-state index in [1.807, 2.05) is 0 Å². The molecule has 1 heterocycles. The smallest absolute Gasteiger partial charge is 0 e. The molecule has 0 spiro atoms. The zero-order valence-corrected chi connectivity index (χ0v) is 12.0. The van der Waals surface area contributed by atoms with Crippen molar-refractivity contribution in [2.45, 2.75) is 24.4 Å². The first-order chi connectivity index (χ1) is 10.2. The van der Waals surface area contributed by atoms with Crippen LogP contribution in [0.25, 0.3) is 0 Å². The zero-order chi connectivity index (χ0) is 17.9. The van der Waals surface area contributed by atoms with Gasteiger partial charge in [0, 0.05) is 17.1 Å². The summed E-state index contributed by atoms with van der Waals surface area (Å²) in [5.41, 5.74) is -3.99. The van der Waals surface area contributed by atoms with Gasteiger partial charge in [-0.1, -0.05) is 6.61 Å². The Labute approximate surface area is 139 Å². The van der Waals surface area contributed by atoms with Crippen LogP contribution in [0.5, 0.6) is 0 Å². The van der Waals surface area contributed by atoms with Gasteiger partial charge >= 0.3 is 35.0 Å². The number of hydrogen-bond donors (Lipinski definition) is 0. The van der Waals surface area contributed by atoms with E-state index in [1.165, 1.54) is 0 Å². The van der Waals surface area contributed by atoms with E-state index in [-0.39, 0.29) is 17.1 Å². The van der Waals surface area contributed by atoms with E-state index in [9.17, 15) is 26.3 Å². The molecule has 0 N–H and O–H groups in total. The molecule has 1 fully saturated rings. The number of alkyl halides is 6. The van der Waals surface area contributed by atoms with Crippen molar-refractivity contribution in [1.29, 1.82) is 0 Å². The van der Waals surface area contributed by atoms with Crippen LogP contribution in [-0.4, -0.2) is 24.6 Å². The molecule has 0 aromatic heterocycles. The molecule has 23 heavy (non-hydrogen) atoms. The van der Waals surface area contributed by atoms with Gasteiger partial charge in [0.05, 0.1) is 0 Å². The predicted molar refractivity (Wildman–Crippen MR) is 54.9 cm³/mol. The standard InChI is InChI=1S/C6H5F6O.C5H.2CO.Fe/c7-5(8,9)4(6(10,11)12)2-1-3-13-4;1-2-4-5-3-1;2*1-2;/h1H,2-3H2;1H;;;/q-1;-5;;;. The third kappa shape index (κ3) is 7.81. The van der Waals surface area contributed by atoms with Crippen LogP contribution in [0.1, 0.15) is 6.42 Å². The SMILES string of the molecule is FC(F)(F)C1(C(F)(F)F)C[CH-]CO1.[C-]#[O+].[C-]#[O+].[Fe].[c-]1[c-][c-][cH-][c-]1. The van der Waals surface area contributed by atoms with Gasteiger partial charge in [0.1, 0.15) is 0 Å². The van der Waals surface area contributed by atoms with E-state index in [0.717, 1.165) is 6.42 Å². The van der Waals surface area contributed by atoms with Crippen molar-refractivity contribution < 1.29 is 57.5 Å². The first-order valence-corrected chi connectivity index (χ1v) is 5.03. The second-order valence-corrected chi connectivity index (χ2v) is 3.31. The van der Waals surface area contributed by atoms with E-state index in [1.54, 1.807) is 6.07 Å². The van der Waals surface area contributed by atoms with Crippen LogP contribution in [0, 0.1) is 44.0 Å². The Morgan fingerprint density at radius 2 is 1.30 bits per heavy atom. The molecule has 0 bridgehead atoms. The number of halogens is 6. The molecule has 132 valence electrons. The molecule has 0 amide bonds. The monoisotopic (exact) mass is 380 g/mol. The Morgan fingerprint density at radius 1 is 0.913 bits per heavy atom. The van der Waals surface area contributed by atoms with Gasteiger partial charge in [0.2, 0.25) is 5.60 Å². The van der Waals surface area contributed by atoms with Crippen LogP contribution in [0.2, 0.25) is 0 Å². The number of rotatable bonds is 0. The summed E-state index contributed by atoms with van der Waals surface area (Å²) in [5, 5.41) is 0. The summed E-state index contributed by atoms with van der Waals surface area (Å²) in [6.07, 6.45) is -11.2. The van der Waals surface area contributed by atoms with Crippen molar-refractivity contribution >= 4 is 0 Å². The molecule has 0 saturated carbocycles. The number of ether oxygens (including phenoxy) is 1. The molecule has 2 rings (SSSR count). The van der Waals surface area contributed by atoms with Crippen LogP contribution in [0.3, 0.4) is 0 Å². The van der Waals surface area contributed by atoms with Gasteiger partial charge in [0.15, 0.2) is 0 Å². The summed E-state index contributed by atoms with van der Waals surface area (Å²) in [5.74, 6) is 0. The summed E-state index contributed by atoms with van der Waals surface area (Å²) < 4.78 is 91.0. The minimum Gasteiger partial charge on any atom is -0.999 e. The Morgan fingerprint density at radius 3 is 1.43 bits per heavy atom. The van der Waals surface area contributed by atoms with Crippen LogP contribution in [0.4, 0.5) is 26.3 Å². The Bertz CT molecular complexity index is 377. The van der Waals surface area contributed by atoms with Gasteiger partial charge in [-0.2, -0.15) is 26.3 Å². The average molecular weight is 380 g/mol. The van der Waals surface area contributed by atoms with Crippen molar-refractivity contribution in [1.82, 2.24) is 0 Å². The van der Waals surface area contributed by atoms with Gasteiger partial charge in [-0.15, -0.1) is 6.42 Å². The first kappa shape index (κ1) is 26.8. The van der Waals surface area contributed by atoms with Crippen LogP contribution >= 0.6 is 0 Å². The van der Waals surface area contributed by atoms with Gasteiger partial charge < -0.3 is 35.1 Å². The molecular formula is C13H6F6FeO3-6. The Kier molecular flexibility index (Phi) is 14.3. The molecular weight excluding hydrogens is 374 g/mol. The topological polar surface area (TPSA) is 49.0 Å². The normalized spacial score (nSPS) is 15.2. The molecule has 0 aliphatic carbocycles. The maximum atomic E-state index is 12.0. The summed E-state index contributed by atoms with van der Waals surface area (Å²) in [6, 6.07) is 12.0. The molecule has 0 radical (unpaired) electrons. The van der Waals surface area contributed by atoms with Crippen molar-refractivity contribution in [2.75, 3.05) is 6.61 Å². The van der Waals surface area contributed by atoms with Crippen molar-refractivity contribution in [3.05, 3.63) is 50.1 Å². The number of hydrogen-bond acceptors (Lipinski definition) is 1. The van der Waals surface area contributed by atoms with Gasteiger partial charge in [0.25, 0.3) is 0 Å². The van der Waals surface area contributed by atoms with E-state index < -0.39 is 31.0 Å². The van der Waals surface area contributed by atoms with Crippen LogP contribution in [0.15, 0.2) is 6.07 Å². The fourth-order valence-corrected chi connectivity index (χ4v) is 1.26. The van der Waals surface area contributed by atoms with Gasteiger partial charge in [-0.3, -0.25) is 6.42 Å². The molecule has 0 atom stereocenters. The third-order valence-corrected chi connectivity index (χ3v) is 2.15. The van der Waals surface area contributed by atoms with E-state index in [0.29, 0.717) is 0 Å². The molecule has 10 heteroatoms. The average Bonchev–Trinajstić information content (AvgIpc) is 3.16. The van der Waals surface area contributed by atoms with Crippen molar-refractivity contribution in [3.8, 4) is 0 Å². The quantitative estimate of drug-likeness (QED) is 0.296. The molecule has 1 aliphatic heterocycles. The Hall–Kier alpha value is -1.11. The van der Waals surface area contributed by atoms with Crippen molar-refractivity contribution in [2.24, 2.45) is 0 Å². The minimum atomic E-state index is -5.42. The van der Waals surface area contributed by atoms with E-state index >= 15 is 0 Å². The third-order valence-electron chi connectivity index (χ3n) is 2.15. The molecule has 1 aliphatic rings. The first-order valence-electron chi connectivity index (χ1n) is 5.03. The van der Waals surface area contributed by atoms with Crippen molar-refractivity contribution in [3.63, 3.8) is 0 Å². The maximum Gasteiger partial charge on any atom is 0 e. The fourth-order valence-electron chi connectivity index (χ4n) is 1.26. The van der Waals surface area contributed by atoms with E-state index in [4.69, 9.17) is 9.30 Å². The second-order valence-electron chi connectivity index (χ2n) is 3.31. The molecule has 1 saturated heterocycles. The van der Waals surface area contributed by atoms with Crippen LogP contribution in [-0.2, 0) is 31.1 Å². The maximum absolute atomic E-state index is 12.0. The van der Waals surface area contributed by atoms with E-state index in [2.05, 4.69) is 42.3 Å². The summed E-state index contributed by atoms with van der Waals surface area (Å²) in [6.45, 7) is 8.37. The molecule has 3 nitrogen and oxygen atoms in total.